The van der Waals surface area contributed by atoms with Crippen LogP contribution in [0.5, 0.6) is 0 Å². The van der Waals surface area contributed by atoms with E-state index in [2.05, 4.69) is 12.0 Å². The highest BCUT2D eigenvalue weighted by Crippen LogP contribution is 2.23. The van der Waals surface area contributed by atoms with E-state index in [-0.39, 0.29) is 16.5 Å². The Labute approximate surface area is 99.5 Å². The number of nitrogen functional groups attached to an aromatic ring is 1. The second-order valence-corrected chi connectivity index (χ2v) is 3.72. The van der Waals surface area contributed by atoms with Crippen LogP contribution in [0.25, 0.3) is 0 Å². The first-order valence-electron chi connectivity index (χ1n) is 5.30. The number of halogens is 1. The molecule has 0 aliphatic carbocycles. The van der Waals surface area contributed by atoms with Gasteiger partial charge in [-0.1, -0.05) is 24.9 Å². The van der Waals surface area contributed by atoms with E-state index in [0.717, 1.165) is 12.8 Å². The lowest BCUT2D eigenvalue weighted by molar-refractivity contribution is 0.0512. The number of rotatable bonds is 5. The second kappa shape index (κ2) is 5.75. The molecule has 0 atom stereocenters. The number of anilines is 1. The Hall–Kier alpha value is -1.23. The maximum Gasteiger partial charge on any atom is 0.358 e. The van der Waals surface area contributed by atoms with Crippen molar-refractivity contribution in [3.8, 4) is 0 Å². The highest BCUT2D eigenvalue weighted by atomic mass is 35.5. The molecule has 16 heavy (non-hydrogen) atoms. The van der Waals surface area contributed by atoms with Crippen molar-refractivity contribution in [2.24, 2.45) is 0 Å². The third kappa shape index (κ3) is 2.66. The van der Waals surface area contributed by atoms with E-state index in [1.807, 2.05) is 0 Å². The molecule has 2 N–H and O–H groups in total. The van der Waals surface area contributed by atoms with Gasteiger partial charge in [0.25, 0.3) is 0 Å². The normalized spacial score (nSPS) is 10.4. The number of hydrogen-bond donors (Lipinski definition) is 1. The molecule has 0 aliphatic heterocycles. The van der Waals surface area contributed by atoms with Crippen LogP contribution < -0.4 is 5.73 Å². The van der Waals surface area contributed by atoms with Crippen molar-refractivity contribution >= 4 is 23.4 Å². The molecule has 0 spiro atoms. The van der Waals surface area contributed by atoms with E-state index in [9.17, 15) is 4.79 Å². The van der Waals surface area contributed by atoms with Gasteiger partial charge in [0.15, 0.2) is 11.5 Å². The Kier molecular flexibility index (Phi) is 4.61. The zero-order valence-corrected chi connectivity index (χ0v) is 10.3. The predicted molar refractivity (Wildman–Crippen MR) is 62.5 cm³/mol. The van der Waals surface area contributed by atoms with Crippen LogP contribution in [0.3, 0.4) is 0 Å². The summed E-state index contributed by atoms with van der Waals surface area (Å²) in [6.45, 7) is 4.70. The maximum absolute atomic E-state index is 11.6. The molecule has 1 rings (SSSR count). The number of carbonyl (C=O) groups excluding carboxylic acids is 1. The van der Waals surface area contributed by atoms with E-state index in [1.165, 1.54) is 4.68 Å². The molecule has 0 unspecified atom stereocenters. The number of aromatic nitrogens is 2. The predicted octanol–water partition coefficient (Wildman–Crippen LogP) is 2.10. The summed E-state index contributed by atoms with van der Waals surface area (Å²) in [4.78, 5) is 11.6. The molecular weight excluding hydrogens is 230 g/mol. The summed E-state index contributed by atoms with van der Waals surface area (Å²) in [7, 11) is 0. The van der Waals surface area contributed by atoms with Gasteiger partial charge in [-0.2, -0.15) is 5.10 Å². The quantitative estimate of drug-likeness (QED) is 0.807. The lowest BCUT2D eigenvalue weighted by atomic mass is 10.3. The van der Waals surface area contributed by atoms with Crippen LogP contribution in [0, 0.1) is 0 Å². The molecule has 1 heterocycles. The molecule has 0 saturated heterocycles. The molecule has 0 fully saturated rings. The van der Waals surface area contributed by atoms with Crippen LogP contribution in [0.15, 0.2) is 0 Å². The van der Waals surface area contributed by atoms with Crippen LogP contribution in [0.4, 0.5) is 5.82 Å². The third-order valence-electron chi connectivity index (χ3n) is 2.11. The minimum absolute atomic E-state index is 0.167. The average molecular weight is 246 g/mol. The summed E-state index contributed by atoms with van der Waals surface area (Å²) in [5.41, 5.74) is 5.82. The van der Waals surface area contributed by atoms with Gasteiger partial charge in [-0.15, -0.1) is 0 Å². The lowest BCUT2D eigenvalue weighted by Gasteiger charge is -2.05. The molecule has 0 radical (unpaired) electrons. The van der Waals surface area contributed by atoms with Crippen LogP contribution in [0.1, 0.15) is 37.2 Å². The van der Waals surface area contributed by atoms with Crippen LogP contribution in [-0.2, 0) is 11.3 Å². The van der Waals surface area contributed by atoms with Crippen molar-refractivity contribution in [1.82, 2.24) is 9.78 Å². The summed E-state index contributed by atoms with van der Waals surface area (Å²) in [5, 5.41) is 4.19. The maximum atomic E-state index is 11.6. The van der Waals surface area contributed by atoms with E-state index < -0.39 is 5.97 Å². The Morgan fingerprint density at radius 2 is 2.25 bits per heavy atom. The van der Waals surface area contributed by atoms with Crippen LogP contribution >= 0.6 is 11.6 Å². The monoisotopic (exact) mass is 245 g/mol. The second-order valence-electron chi connectivity index (χ2n) is 3.34. The van der Waals surface area contributed by atoms with E-state index in [0.29, 0.717) is 13.2 Å². The molecule has 0 bridgehead atoms. The van der Waals surface area contributed by atoms with Gasteiger partial charge in [0, 0.05) is 6.54 Å². The number of hydrogen-bond acceptors (Lipinski definition) is 4. The number of aryl methyl sites for hydroxylation is 1. The minimum atomic E-state index is -0.479. The SMILES string of the molecule is CCCCn1nc(N)c(Cl)c1C(=O)OCC. The highest BCUT2D eigenvalue weighted by molar-refractivity contribution is 6.35. The molecule has 0 saturated carbocycles. The van der Waals surface area contributed by atoms with E-state index in [4.69, 9.17) is 22.1 Å². The molecule has 90 valence electrons. The summed E-state index contributed by atoms with van der Waals surface area (Å²) in [6.07, 6.45) is 1.91. The van der Waals surface area contributed by atoms with Gasteiger partial charge < -0.3 is 10.5 Å². The van der Waals surface area contributed by atoms with Crippen molar-refractivity contribution < 1.29 is 9.53 Å². The largest absolute Gasteiger partial charge is 0.461 e. The Morgan fingerprint density at radius 3 is 2.81 bits per heavy atom. The number of esters is 1. The fraction of sp³-hybridized carbons (Fsp3) is 0.600. The van der Waals surface area contributed by atoms with Crippen LogP contribution in [0.2, 0.25) is 5.02 Å². The summed E-state index contributed by atoms with van der Waals surface area (Å²) < 4.78 is 6.42. The van der Waals surface area contributed by atoms with Gasteiger partial charge in [0.2, 0.25) is 0 Å². The zero-order chi connectivity index (χ0) is 12.1. The summed E-state index contributed by atoms with van der Waals surface area (Å²) in [6, 6.07) is 0. The first kappa shape index (κ1) is 12.8. The lowest BCUT2D eigenvalue weighted by Crippen LogP contribution is -2.13. The molecule has 6 heteroatoms. The fourth-order valence-electron chi connectivity index (χ4n) is 1.32. The zero-order valence-electron chi connectivity index (χ0n) is 9.49. The molecule has 1 aromatic heterocycles. The van der Waals surface area contributed by atoms with E-state index in [1.54, 1.807) is 6.92 Å². The molecule has 5 nitrogen and oxygen atoms in total. The minimum Gasteiger partial charge on any atom is -0.461 e. The highest BCUT2D eigenvalue weighted by Gasteiger charge is 2.21. The molecular formula is C10H16ClN3O2. The molecule has 0 amide bonds. The average Bonchev–Trinajstić information content (AvgIpc) is 2.52. The van der Waals surface area contributed by atoms with Crippen LogP contribution in [-0.4, -0.2) is 22.4 Å². The molecule has 1 aromatic rings. The number of ether oxygens (including phenoxy) is 1. The van der Waals surface area contributed by atoms with Crippen molar-refractivity contribution in [3.05, 3.63) is 10.7 Å². The number of carbonyl (C=O) groups is 1. The summed E-state index contributed by atoms with van der Waals surface area (Å²) >= 11 is 5.91. The Bertz CT molecular complexity index is 376. The first-order valence-corrected chi connectivity index (χ1v) is 5.68. The van der Waals surface area contributed by atoms with Crippen molar-refractivity contribution in [3.63, 3.8) is 0 Å². The van der Waals surface area contributed by atoms with Crippen molar-refractivity contribution in [1.29, 1.82) is 0 Å². The summed E-state index contributed by atoms with van der Waals surface area (Å²) in [5.74, 6) is -0.311. The number of nitrogens with zero attached hydrogens (tertiary/aromatic N) is 2. The van der Waals surface area contributed by atoms with Gasteiger partial charge in [-0.25, -0.2) is 4.79 Å². The van der Waals surface area contributed by atoms with Gasteiger partial charge in [-0.3, -0.25) is 4.68 Å². The fourth-order valence-corrected chi connectivity index (χ4v) is 1.54. The Morgan fingerprint density at radius 1 is 1.56 bits per heavy atom. The third-order valence-corrected chi connectivity index (χ3v) is 2.48. The number of unbranched alkanes of at least 4 members (excludes halogenated alkanes) is 1. The molecule has 0 aliphatic rings. The van der Waals surface area contributed by atoms with E-state index >= 15 is 0 Å². The smallest absolute Gasteiger partial charge is 0.358 e. The van der Waals surface area contributed by atoms with Gasteiger partial charge in [0.1, 0.15) is 5.02 Å². The standard InChI is InChI=1S/C10H16ClN3O2/c1-3-5-6-14-8(10(15)16-4-2)7(11)9(12)13-14/h3-6H2,1-2H3,(H2,12,13). The first-order chi connectivity index (χ1) is 7.61. The van der Waals surface area contributed by atoms with Crippen molar-refractivity contribution in [2.75, 3.05) is 12.3 Å². The van der Waals surface area contributed by atoms with Crippen molar-refractivity contribution in [2.45, 2.75) is 33.2 Å². The molecule has 0 aromatic carbocycles. The topological polar surface area (TPSA) is 70.1 Å². The Balaban J connectivity index is 2.98. The number of nitrogens with two attached hydrogens (primary N) is 1. The van der Waals surface area contributed by atoms with Gasteiger partial charge >= 0.3 is 5.97 Å². The van der Waals surface area contributed by atoms with Gasteiger partial charge in [0.05, 0.1) is 6.61 Å². The van der Waals surface area contributed by atoms with Gasteiger partial charge in [-0.05, 0) is 13.3 Å².